The van der Waals surface area contributed by atoms with Gasteiger partial charge in [0.25, 0.3) is 0 Å². The number of nitrogens with two attached hydrogens (primary N) is 1. The first-order chi connectivity index (χ1) is 14.1. The molecule has 29 heavy (non-hydrogen) atoms. The zero-order valence-corrected chi connectivity index (χ0v) is 16.3. The first-order valence-electron chi connectivity index (χ1n) is 8.90. The van der Waals surface area contributed by atoms with Crippen LogP contribution in [-0.4, -0.2) is 36.3 Å². The van der Waals surface area contributed by atoms with E-state index in [1.807, 2.05) is 30.5 Å². The predicted octanol–water partition coefficient (Wildman–Crippen LogP) is 3.98. The molecule has 0 bridgehead atoms. The Morgan fingerprint density at radius 2 is 1.66 bits per heavy atom. The van der Waals surface area contributed by atoms with Gasteiger partial charge in [-0.2, -0.15) is 4.98 Å². The summed E-state index contributed by atoms with van der Waals surface area (Å²) >= 11 is 0. The Bertz CT molecular complexity index is 1150. The first-order valence-corrected chi connectivity index (χ1v) is 8.90. The molecule has 0 unspecified atom stereocenters. The molecule has 0 radical (unpaired) electrons. The third-order valence-electron chi connectivity index (χ3n) is 4.53. The van der Waals surface area contributed by atoms with Crippen LogP contribution in [0.1, 0.15) is 0 Å². The van der Waals surface area contributed by atoms with Crippen LogP contribution >= 0.6 is 0 Å². The highest BCUT2D eigenvalue weighted by atomic mass is 16.5. The molecular weight excluding hydrogens is 370 g/mol. The van der Waals surface area contributed by atoms with E-state index in [-0.39, 0.29) is 5.95 Å². The number of ether oxygens (including phenoxy) is 3. The van der Waals surface area contributed by atoms with E-state index in [4.69, 9.17) is 19.9 Å². The Labute approximate surface area is 167 Å². The summed E-state index contributed by atoms with van der Waals surface area (Å²) in [5, 5.41) is 4.33. The predicted molar refractivity (Wildman–Crippen MR) is 113 cm³/mol. The van der Waals surface area contributed by atoms with Crippen LogP contribution < -0.4 is 25.3 Å². The zero-order chi connectivity index (χ0) is 20.4. The van der Waals surface area contributed by atoms with Gasteiger partial charge in [-0.05, 0) is 18.2 Å². The topological polar surface area (TPSA) is 107 Å². The van der Waals surface area contributed by atoms with Crippen molar-refractivity contribution in [1.82, 2.24) is 15.0 Å². The normalized spacial score (nSPS) is 10.7. The maximum Gasteiger partial charge on any atom is 0.222 e. The lowest BCUT2D eigenvalue weighted by Crippen LogP contribution is -2.02. The highest BCUT2D eigenvalue weighted by molar-refractivity contribution is 5.85. The Hall–Kier alpha value is -3.94. The molecule has 0 spiro atoms. The fraction of sp³-hybridized carbons (Fsp3) is 0.143. The van der Waals surface area contributed by atoms with E-state index in [2.05, 4.69) is 26.3 Å². The molecule has 0 aliphatic rings. The van der Waals surface area contributed by atoms with E-state index in [9.17, 15) is 0 Å². The molecule has 0 aliphatic heterocycles. The number of benzene rings is 2. The lowest BCUT2D eigenvalue weighted by atomic mass is 10.1. The second-order valence-electron chi connectivity index (χ2n) is 6.32. The van der Waals surface area contributed by atoms with Crippen molar-refractivity contribution in [2.45, 2.75) is 0 Å². The number of H-pyrrole nitrogens is 1. The number of nitrogens with one attached hydrogen (secondary N) is 2. The van der Waals surface area contributed by atoms with Gasteiger partial charge >= 0.3 is 0 Å². The van der Waals surface area contributed by atoms with Gasteiger partial charge in [0.1, 0.15) is 5.82 Å². The molecule has 0 fully saturated rings. The third kappa shape index (κ3) is 3.60. The van der Waals surface area contributed by atoms with Gasteiger partial charge in [0.05, 0.1) is 27.0 Å². The van der Waals surface area contributed by atoms with Gasteiger partial charge in [-0.25, -0.2) is 4.98 Å². The molecular formula is C21H21N5O3. The molecule has 4 aromatic rings. The molecule has 0 atom stereocenters. The summed E-state index contributed by atoms with van der Waals surface area (Å²) in [6.07, 6.45) is 1.90. The fourth-order valence-corrected chi connectivity index (χ4v) is 3.19. The maximum absolute atomic E-state index is 5.96. The summed E-state index contributed by atoms with van der Waals surface area (Å²) < 4.78 is 16.2. The van der Waals surface area contributed by atoms with Crippen molar-refractivity contribution in [3.63, 3.8) is 0 Å². The molecule has 8 nitrogen and oxygen atoms in total. The molecule has 4 rings (SSSR count). The Balaban J connectivity index is 1.71. The van der Waals surface area contributed by atoms with Crippen LogP contribution in [0, 0.1) is 0 Å². The molecule has 0 aliphatic carbocycles. The van der Waals surface area contributed by atoms with Crippen LogP contribution in [0.15, 0.2) is 48.7 Å². The van der Waals surface area contributed by atoms with E-state index in [0.29, 0.717) is 28.8 Å². The number of aromatic nitrogens is 3. The largest absolute Gasteiger partial charge is 0.493 e. The van der Waals surface area contributed by atoms with Gasteiger partial charge in [-0.3, -0.25) is 0 Å². The summed E-state index contributed by atoms with van der Waals surface area (Å²) in [4.78, 5) is 11.9. The van der Waals surface area contributed by atoms with Gasteiger partial charge in [0.15, 0.2) is 11.5 Å². The minimum absolute atomic E-state index is 0.173. The summed E-state index contributed by atoms with van der Waals surface area (Å²) in [7, 11) is 4.70. The molecule has 2 heterocycles. The number of nitrogens with zero attached hydrogens (tertiary/aromatic N) is 2. The van der Waals surface area contributed by atoms with Crippen molar-refractivity contribution in [3.05, 3.63) is 48.7 Å². The van der Waals surface area contributed by atoms with E-state index in [1.54, 1.807) is 33.5 Å². The van der Waals surface area contributed by atoms with Crippen LogP contribution in [0.3, 0.4) is 0 Å². The number of hydrogen-bond donors (Lipinski definition) is 3. The number of anilines is 3. The number of fused-ring (bicyclic) bond motifs is 1. The maximum atomic E-state index is 5.96. The highest BCUT2D eigenvalue weighted by Gasteiger charge is 2.14. The molecule has 148 valence electrons. The lowest BCUT2D eigenvalue weighted by Gasteiger charge is -2.15. The van der Waals surface area contributed by atoms with Crippen molar-refractivity contribution in [2.75, 3.05) is 32.4 Å². The van der Waals surface area contributed by atoms with Crippen LogP contribution in [0.4, 0.5) is 17.5 Å². The molecule has 0 amide bonds. The Morgan fingerprint density at radius 3 is 2.34 bits per heavy atom. The van der Waals surface area contributed by atoms with Crippen molar-refractivity contribution in [3.8, 4) is 28.5 Å². The average molecular weight is 391 g/mol. The van der Waals surface area contributed by atoms with E-state index in [1.165, 1.54) is 0 Å². The number of nitrogen functional groups attached to an aromatic ring is 1. The summed E-state index contributed by atoms with van der Waals surface area (Å²) in [5.41, 5.74) is 9.40. The summed E-state index contributed by atoms with van der Waals surface area (Å²) in [5.74, 6) is 2.31. The third-order valence-corrected chi connectivity index (χ3v) is 4.53. The van der Waals surface area contributed by atoms with Crippen LogP contribution in [-0.2, 0) is 0 Å². The first kappa shape index (κ1) is 18.4. The highest BCUT2D eigenvalue weighted by Crippen LogP contribution is 2.40. The van der Waals surface area contributed by atoms with E-state index >= 15 is 0 Å². The van der Waals surface area contributed by atoms with E-state index < -0.39 is 0 Å². The fourth-order valence-electron chi connectivity index (χ4n) is 3.19. The van der Waals surface area contributed by atoms with Crippen molar-refractivity contribution in [2.24, 2.45) is 0 Å². The zero-order valence-electron chi connectivity index (χ0n) is 16.3. The molecule has 4 N–H and O–H groups in total. The number of aromatic amines is 1. The van der Waals surface area contributed by atoms with Crippen LogP contribution in [0.2, 0.25) is 0 Å². The van der Waals surface area contributed by atoms with Gasteiger partial charge in [0.2, 0.25) is 11.7 Å². The lowest BCUT2D eigenvalue weighted by molar-refractivity contribution is 0.324. The monoisotopic (exact) mass is 391 g/mol. The van der Waals surface area contributed by atoms with Gasteiger partial charge < -0.3 is 30.2 Å². The Morgan fingerprint density at radius 1 is 0.897 bits per heavy atom. The summed E-state index contributed by atoms with van der Waals surface area (Å²) in [6, 6.07) is 13.5. The van der Waals surface area contributed by atoms with Gasteiger partial charge in [-0.1, -0.05) is 6.07 Å². The average Bonchev–Trinajstić information content (AvgIpc) is 3.20. The molecule has 2 aromatic heterocycles. The van der Waals surface area contributed by atoms with Crippen molar-refractivity contribution < 1.29 is 14.2 Å². The molecule has 8 heteroatoms. The minimum atomic E-state index is 0.173. The second-order valence-corrected chi connectivity index (χ2v) is 6.32. The number of hydrogen-bond acceptors (Lipinski definition) is 7. The van der Waals surface area contributed by atoms with Gasteiger partial charge in [-0.15, -0.1) is 0 Å². The summed E-state index contributed by atoms with van der Waals surface area (Å²) in [6.45, 7) is 0. The van der Waals surface area contributed by atoms with Crippen molar-refractivity contribution in [1.29, 1.82) is 0 Å². The van der Waals surface area contributed by atoms with Crippen LogP contribution in [0.25, 0.3) is 22.2 Å². The SMILES string of the molecule is COc1cc(Nc2cc(-c3ccc4[nH]ccc4c3)nc(N)n2)cc(OC)c1OC. The molecule has 2 aromatic carbocycles. The van der Waals surface area contributed by atoms with Gasteiger partial charge in [0, 0.05) is 46.5 Å². The smallest absolute Gasteiger partial charge is 0.222 e. The van der Waals surface area contributed by atoms with Crippen molar-refractivity contribution >= 4 is 28.4 Å². The standard InChI is InChI=1S/C21H21N5O3/c1-27-17-9-14(10-18(28-2)20(17)29-3)24-19-11-16(25-21(22)26-19)12-4-5-15-13(8-12)6-7-23-15/h4-11,23H,1-3H3,(H3,22,24,25,26). The molecule has 0 saturated carbocycles. The second kappa shape index (κ2) is 7.59. The Kier molecular flexibility index (Phi) is 4.82. The number of rotatable bonds is 6. The van der Waals surface area contributed by atoms with Crippen LogP contribution in [0.5, 0.6) is 17.2 Å². The molecule has 0 saturated heterocycles. The minimum Gasteiger partial charge on any atom is -0.493 e. The quantitative estimate of drug-likeness (QED) is 0.456. The van der Waals surface area contributed by atoms with E-state index in [0.717, 1.165) is 22.2 Å². The number of methoxy groups -OCH3 is 3.